The summed E-state index contributed by atoms with van der Waals surface area (Å²) in [5, 5.41) is 6.89. The smallest absolute Gasteiger partial charge is 0.257 e. The molecular weight excluding hydrogens is 307 g/mol. The van der Waals surface area contributed by atoms with E-state index in [0.717, 1.165) is 0 Å². The molecule has 0 unspecified atom stereocenters. The van der Waals surface area contributed by atoms with Crippen LogP contribution in [-0.4, -0.2) is 15.7 Å². The highest BCUT2D eigenvalue weighted by atomic mass is 35.5. The Morgan fingerprint density at radius 3 is 2.64 bits per heavy atom. The lowest BCUT2D eigenvalue weighted by Crippen LogP contribution is -2.42. The molecule has 2 aromatic rings. The van der Waals surface area contributed by atoms with Crippen LogP contribution in [0.4, 0.5) is 10.2 Å². The molecule has 1 aromatic carbocycles. The molecule has 5 nitrogen and oxygen atoms in total. The first-order valence-corrected chi connectivity index (χ1v) is 7.09. The SMILES string of the molecule is Cc1nn(C)c(N)c1C(=O)NC(C)(C)c1cccc(Cl)c1F. The zero-order chi connectivity index (χ0) is 16.7. The number of amides is 1. The second kappa shape index (κ2) is 5.61. The van der Waals surface area contributed by atoms with Gasteiger partial charge in [-0.1, -0.05) is 23.7 Å². The summed E-state index contributed by atoms with van der Waals surface area (Å²) in [6.07, 6.45) is 0. The van der Waals surface area contributed by atoms with E-state index in [1.807, 2.05) is 0 Å². The van der Waals surface area contributed by atoms with E-state index in [4.69, 9.17) is 17.3 Å². The molecule has 0 aliphatic carbocycles. The average molecular weight is 325 g/mol. The van der Waals surface area contributed by atoms with Gasteiger partial charge < -0.3 is 11.1 Å². The number of benzene rings is 1. The van der Waals surface area contributed by atoms with Gasteiger partial charge in [0.05, 0.1) is 16.3 Å². The molecular formula is C15H18ClFN4O. The number of carbonyl (C=O) groups is 1. The molecule has 2 rings (SSSR count). The second-order valence-electron chi connectivity index (χ2n) is 5.65. The Hall–Kier alpha value is -2.08. The van der Waals surface area contributed by atoms with Crippen LogP contribution < -0.4 is 11.1 Å². The molecule has 7 heteroatoms. The van der Waals surface area contributed by atoms with Crippen LogP contribution in [0.3, 0.4) is 0 Å². The number of nitrogen functional groups attached to an aromatic ring is 1. The number of carbonyl (C=O) groups excluding carboxylic acids is 1. The van der Waals surface area contributed by atoms with E-state index < -0.39 is 17.3 Å². The molecule has 0 saturated carbocycles. The Balaban J connectivity index is 2.36. The standard InChI is InChI=1S/C15H18ClFN4O/c1-8-11(13(18)21(4)20-8)14(22)19-15(2,3)9-6-5-7-10(16)12(9)17/h5-7H,18H2,1-4H3,(H,19,22). The van der Waals surface area contributed by atoms with E-state index in [1.54, 1.807) is 40.0 Å². The van der Waals surface area contributed by atoms with Crippen LogP contribution >= 0.6 is 11.6 Å². The van der Waals surface area contributed by atoms with E-state index in [9.17, 15) is 9.18 Å². The maximum Gasteiger partial charge on any atom is 0.257 e. The van der Waals surface area contributed by atoms with Crippen molar-refractivity contribution in [2.45, 2.75) is 26.3 Å². The highest BCUT2D eigenvalue weighted by Crippen LogP contribution is 2.28. The first-order chi connectivity index (χ1) is 10.1. The summed E-state index contributed by atoms with van der Waals surface area (Å²) < 4.78 is 15.6. The second-order valence-corrected chi connectivity index (χ2v) is 6.06. The number of nitrogens with zero attached hydrogens (tertiary/aromatic N) is 2. The highest BCUT2D eigenvalue weighted by Gasteiger charge is 2.29. The maximum atomic E-state index is 14.2. The Morgan fingerprint density at radius 2 is 2.09 bits per heavy atom. The number of anilines is 1. The minimum absolute atomic E-state index is 0.0110. The Morgan fingerprint density at radius 1 is 1.45 bits per heavy atom. The van der Waals surface area contributed by atoms with Gasteiger partial charge >= 0.3 is 0 Å². The summed E-state index contributed by atoms with van der Waals surface area (Å²) in [6.45, 7) is 5.08. The minimum Gasteiger partial charge on any atom is -0.383 e. The zero-order valence-corrected chi connectivity index (χ0v) is 13.6. The third-order valence-corrected chi connectivity index (χ3v) is 3.84. The van der Waals surface area contributed by atoms with Gasteiger partial charge in [0, 0.05) is 12.6 Å². The predicted molar refractivity (Wildman–Crippen MR) is 84.3 cm³/mol. The van der Waals surface area contributed by atoms with Crippen molar-refractivity contribution in [2.24, 2.45) is 7.05 Å². The van der Waals surface area contributed by atoms with Crippen molar-refractivity contribution in [1.82, 2.24) is 15.1 Å². The third-order valence-electron chi connectivity index (χ3n) is 3.54. The maximum absolute atomic E-state index is 14.2. The van der Waals surface area contributed by atoms with Gasteiger partial charge in [-0.2, -0.15) is 5.10 Å². The summed E-state index contributed by atoms with van der Waals surface area (Å²) in [5.74, 6) is -0.699. The summed E-state index contributed by atoms with van der Waals surface area (Å²) in [4.78, 5) is 12.5. The lowest BCUT2D eigenvalue weighted by molar-refractivity contribution is 0.0911. The van der Waals surface area contributed by atoms with E-state index in [1.165, 1.54) is 10.7 Å². The van der Waals surface area contributed by atoms with Gasteiger partial charge in [-0.15, -0.1) is 0 Å². The van der Waals surface area contributed by atoms with Crippen molar-refractivity contribution in [3.05, 3.63) is 45.9 Å². The number of hydrogen-bond acceptors (Lipinski definition) is 3. The van der Waals surface area contributed by atoms with Gasteiger partial charge in [0.1, 0.15) is 17.2 Å². The summed E-state index contributed by atoms with van der Waals surface area (Å²) >= 11 is 5.81. The van der Waals surface area contributed by atoms with Crippen LogP contribution in [0, 0.1) is 12.7 Å². The van der Waals surface area contributed by atoms with E-state index >= 15 is 0 Å². The van der Waals surface area contributed by atoms with Crippen LogP contribution in [0.15, 0.2) is 18.2 Å². The quantitative estimate of drug-likeness (QED) is 0.911. The van der Waals surface area contributed by atoms with Crippen molar-refractivity contribution in [1.29, 1.82) is 0 Å². The molecule has 0 bridgehead atoms. The van der Waals surface area contributed by atoms with Crippen LogP contribution in [0.5, 0.6) is 0 Å². The van der Waals surface area contributed by atoms with Crippen molar-refractivity contribution >= 4 is 23.3 Å². The fraction of sp³-hybridized carbons (Fsp3) is 0.333. The molecule has 0 aliphatic heterocycles. The van der Waals surface area contributed by atoms with Crippen molar-refractivity contribution in [2.75, 3.05) is 5.73 Å². The fourth-order valence-electron chi connectivity index (χ4n) is 2.36. The van der Waals surface area contributed by atoms with Crippen LogP contribution in [-0.2, 0) is 12.6 Å². The lowest BCUT2D eigenvalue weighted by Gasteiger charge is -2.27. The van der Waals surface area contributed by atoms with Crippen molar-refractivity contribution in [3.8, 4) is 0 Å². The number of hydrogen-bond donors (Lipinski definition) is 2. The lowest BCUT2D eigenvalue weighted by atomic mass is 9.93. The van der Waals surface area contributed by atoms with E-state index in [2.05, 4.69) is 10.4 Å². The zero-order valence-electron chi connectivity index (χ0n) is 12.9. The average Bonchev–Trinajstić information content (AvgIpc) is 2.65. The molecule has 0 atom stereocenters. The molecule has 3 N–H and O–H groups in total. The number of aromatic nitrogens is 2. The summed E-state index contributed by atoms with van der Waals surface area (Å²) in [7, 11) is 1.65. The number of nitrogens with one attached hydrogen (secondary N) is 1. The number of aryl methyl sites for hydroxylation is 2. The van der Waals surface area contributed by atoms with Crippen molar-refractivity contribution in [3.63, 3.8) is 0 Å². The molecule has 0 aliphatic rings. The van der Waals surface area contributed by atoms with Crippen LogP contribution in [0.1, 0.15) is 35.5 Å². The third kappa shape index (κ3) is 2.78. The summed E-state index contributed by atoms with van der Waals surface area (Å²) in [6, 6.07) is 4.68. The largest absolute Gasteiger partial charge is 0.383 e. The normalized spacial score (nSPS) is 11.5. The van der Waals surface area contributed by atoms with Gasteiger partial charge in [0.15, 0.2) is 0 Å². The molecule has 0 radical (unpaired) electrons. The summed E-state index contributed by atoms with van der Waals surface area (Å²) in [5.41, 5.74) is 6.01. The first-order valence-electron chi connectivity index (χ1n) is 6.71. The van der Waals surface area contributed by atoms with E-state index in [-0.39, 0.29) is 16.4 Å². The number of halogens is 2. The molecule has 0 fully saturated rings. The monoisotopic (exact) mass is 324 g/mol. The van der Waals surface area contributed by atoms with Gasteiger partial charge in [-0.25, -0.2) is 4.39 Å². The fourth-order valence-corrected chi connectivity index (χ4v) is 2.53. The van der Waals surface area contributed by atoms with Crippen molar-refractivity contribution < 1.29 is 9.18 Å². The van der Waals surface area contributed by atoms with Gasteiger partial charge in [0.25, 0.3) is 5.91 Å². The van der Waals surface area contributed by atoms with Gasteiger partial charge in [-0.3, -0.25) is 9.48 Å². The van der Waals surface area contributed by atoms with Crippen LogP contribution in [0.2, 0.25) is 5.02 Å². The van der Waals surface area contributed by atoms with Gasteiger partial charge in [-0.05, 0) is 26.8 Å². The highest BCUT2D eigenvalue weighted by molar-refractivity contribution is 6.30. The Bertz CT molecular complexity index is 739. The van der Waals surface area contributed by atoms with E-state index in [0.29, 0.717) is 11.3 Å². The molecule has 1 aromatic heterocycles. The molecule has 22 heavy (non-hydrogen) atoms. The minimum atomic E-state index is -0.958. The Kier molecular flexibility index (Phi) is 4.15. The molecule has 1 heterocycles. The Labute approximate surface area is 133 Å². The number of rotatable bonds is 3. The van der Waals surface area contributed by atoms with Crippen LogP contribution in [0.25, 0.3) is 0 Å². The molecule has 0 saturated heterocycles. The molecule has 1 amide bonds. The number of nitrogens with two attached hydrogens (primary N) is 1. The topological polar surface area (TPSA) is 72.9 Å². The first kappa shape index (κ1) is 16.3. The molecule has 0 spiro atoms. The predicted octanol–water partition coefficient (Wildman–Crippen LogP) is 2.77. The van der Waals surface area contributed by atoms with Gasteiger partial charge in [0.2, 0.25) is 0 Å². The molecule has 118 valence electrons.